The van der Waals surface area contributed by atoms with Crippen LogP contribution in [0.15, 0.2) is 48.5 Å². The van der Waals surface area contributed by atoms with Crippen LogP contribution in [0.25, 0.3) is 0 Å². The summed E-state index contributed by atoms with van der Waals surface area (Å²) in [6.45, 7) is 0. The third-order valence-electron chi connectivity index (χ3n) is 3.73. The van der Waals surface area contributed by atoms with Crippen LogP contribution < -0.4 is 11.1 Å². The third kappa shape index (κ3) is 2.13. The number of halogens is 1. The summed E-state index contributed by atoms with van der Waals surface area (Å²) in [4.78, 5) is 12.3. The van der Waals surface area contributed by atoms with Crippen molar-refractivity contribution in [2.24, 2.45) is 0 Å². The number of hydrogen-bond donors (Lipinski definition) is 2. The summed E-state index contributed by atoms with van der Waals surface area (Å²) in [6, 6.07) is 14.1. The molecule has 20 heavy (non-hydrogen) atoms. The van der Waals surface area contributed by atoms with Gasteiger partial charge in [0.15, 0.2) is 0 Å². The third-order valence-corrected chi connectivity index (χ3v) is 3.73. The molecule has 1 fully saturated rings. The second kappa shape index (κ2) is 4.63. The van der Waals surface area contributed by atoms with Gasteiger partial charge in [-0.3, -0.25) is 4.79 Å². The van der Waals surface area contributed by atoms with Gasteiger partial charge in [-0.25, -0.2) is 4.39 Å². The highest BCUT2D eigenvalue weighted by Crippen LogP contribution is 2.45. The molecule has 0 unspecified atom stereocenters. The highest BCUT2D eigenvalue weighted by atomic mass is 19.1. The summed E-state index contributed by atoms with van der Waals surface area (Å²) in [5, 5.41) is 2.98. The van der Waals surface area contributed by atoms with Crippen LogP contribution in [-0.2, 0) is 5.54 Å². The Bertz CT molecular complexity index is 651. The highest BCUT2D eigenvalue weighted by molar-refractivity contribution is 5.99. The Balaban J connectivity index is 1.85. The number of anilines is 1. The van der Waals surface area contributed by atoms with E-state index in [4.69, 9.17) is 5.73 Å². The number of amides is 1. The minimum absolute atomic E-state index is 0.103. The van der Waals surface area contributed by atoms with E-state index < -0.39 is 5.82 Å². The first-order chi connectivity index (χ1) is 9.62. The van der Waals surface area contributed by atoms with Gasteiger partial charge in [-0.1, -0.05) is 36.4 Å². The standard InChI is InChI=1S/C16H15FN2O/c17-13-8-4-7-12(14(13)18)15(20)19-16(9-10-16)11-5-2-1-3-6-11/h1-8H,9-10,18H2,(H,19,20). The van der Waals surface area contributed by atoms with Crippen LogP contribution in [0.3, 0.4) is 0 Å². The number of para-hydroxylation sites is 1. The van der Waals surface area contributed by atoms with E-state index in [-0.39, 0.29) is 22.7 Å². The average molecular weight is 270 g/mol. The number of benzene rings is 2. The molecule has 0 atom stereocenters. The fraction of sp³-hybridized carbons (Fsp3) is 0.188. The minimum Gasteiger partial charge on any atom is -0.396 e. The van der Waals surface area contributed by atoms with Gasteiger partial charge in [0.1, 0.15) is 5.82 Å². The Hall–Kier alpha value is -2.36. The summed E-state index contributed by atoms with van der Waals surface area (Å²) in [7, 11) is 0. The van der Waals surface area contributed by atoms with Gasteiger partial charge in [-0.15, -0.1) is 0 Å². The first kappa shape index (κ1) is 12.7. The van der Waals surface area contributed by atoms with Gasteiger partial charge in [0.25, 0.3) is 5.91 Å². The van der Waals surface area contributed by atoms with Crippen molar-refractivity contribution in [2.75, 3.05) is 5.73 Å². The Labute approximate surface area is 116 Å². The van der Waals surface area contributed by atoms with E-state index in [0.717, 1.165) is 18.4 Å². The zero-order valence-corrected chi connectivity index (χ0v) is 10.9. The number of nitrogens with one attached hydrogen (secondary N) is 1. The fourth-order valence-corrected chi connectivity index (χ4v) is 2.39. The molecule has 1 amide bonds. The number of carbonyl (C=O) groups is 1. The molecule has 3 N–H and O–H groups in total. The van der Waals surface area contributed by atoms with E-state index in [1.807, 2.05) is 30.3 Å². The summed E-state index contributed by atoms with van der Waals surface area (Å²) >= 11 is 0. The Morgan fingerprint density at radius 2 is 1.80 bits per heavy atom. The molecule has 102 valence electrons. The van der Waals surface area contributed by atoms with Crippen LogP contribution in [0.4, 0.5) is 10.1 Å². The van der Waals surface area contributed by atoms with Crippen LogP contribution in [0.2, 0.25) is 0 Å². The zero-order chi connectivity index (χ0) is 14.2. The molecule has 0 saturated heterocycles. The highest BCUT2D eigenvalue weighted by Gasteiger charge is 2.45. The van der Waals surface area contributed by atoms with Gasteiger partial charge < -0.3 is 11.1 Å². The molecule has 2 aromatic rings. The Morgan fingerprint density at radius 3 is 2.45 bits per heavy atom. The zero-order valence-electron chi connectivity index (χ0n) is 10.9. The lowest BCUT2D eigenvalue weighted by Gasteiger charge is -2.18. The molecule has 3 rings (SSSR count). The maximum atomic E-state index is 13.4. The number of nitrogen functional groups attached to an aromatic ring is 1. The molecule has 1 saturated carbocycles. The number of rotatable bonds is 3. The topological polar surface area (TPSA) is 55.1 Å². The predicted molar refractivity (Wildman–Crippen MR) is 75.6 cm³/mol. The van der Waals surface area contributed by atoms with Gasteiger partial charge in [-0.05, 0) is 30.5 Å². The smallest absolute Gasteiger partial charge is 0.254 e. The summed E-state index contributed by atoms with van der Waals surface area (Å²) in [6.07, 6.45) is 1.77. The SMILES string of the molecule is Nc1c(F)cccc1C(=O)NC1(c2ccccc2)CC1. The van der Waals surface area contributed by atoms with Crippen molar-refractivity contribution in [2.45, 2.75) is 18.4 Å². The monoisotopic (exact) mass is 270 g/mol. The maximum Gasteiger partial charge on any atom is 0.254 e. The van der Waals surface area contributed by atoms with Crippen LogP contribution >= 0.6 is 0 Å². The maximum absolute atomic E-state index is 13.4. The van der Waals surface area contributed by atoms with Gasteiger partial charge in [-0.2, -0.15) is 0 Å². The molecule has 0 aromatic heterocycles. The Kier molecular flexibility index (Phi) is 2.93. The second-order valence-corrected chi connectivity index (χ2v) is 5.10. The first-order valence-corrected chi connectivity index (χ1v) is 6.54. The van der Waals surface area contributed by atoms with Crippen LogP contribution in [0.5, 0.6) is 0 Å². The molecule has 0 aliphatic heterocycles. The summed E-state index contributed by atoms with van der Waals surface area (Å²) in [5.74, 6) is -0.898. The number of hydrogen-bond acceptors (Lipinski definition) is 2. The normalized spacial score (nSPS) is 15.7. The number of nitrogens with two attached hydrogens (primary N) is 1. The van der Waals surface area contributed by atoms with Crippen molar-refractivity contribution >= 4 is 11.6 Å². The lowest BCUT2D eigenvalue weighted by atomic mass is 10.0. The predicted octanol–water partition coefficient (Wildman–Crippen LogP) is 2.83. The minimum atomic E-state index is -0.567. The fourth-order valence-electron chi connectivity index (χ4n) is 2.39. The van der Waals surface area contributed by atoms with Gasteiger partial charge in [0.05, 0.1) is 16.8 Å². The van der Waals surface area contributed by atoms with Crippen molar-refractivity contribution in [1.29, 1.82) is 0 Å². The lowest BCUT2D eigenvalue weighted by molar-refractivity contribution is 0.0931. The number of carbonyl (C=O) groups excluding carboxylic acids is 1. The van der Waals surface area contributed by atoms with Crippen molar-refractivity contribution in [3.05, 3.63) is 65.5 Å². The van der Waals surface area contributed by atoms with Gasteiger partial charge in [0.2, 0.25) is 0 Å². The molecule has 1 aliphatic rings. The average Bonchev–Trinajstić information content (AvgIpc) is 3.23. The quantitative estimate of drug-likeness (QED) is 0.843. The van der Waals surface area contributed by atoms with Crippen molar-refractivity contribution in [1.82, 2.24) is 5.32 Å². The van der Waals surface area contributed by atoms with Gasteiger partial charge >= 0.3 is 0 Å². The molecule has 0 spiro atoms. The van der Waals surface area contributed by atoms with E-state index in [1.165, 1.54) is 18.2 Å². The first-order valence-electron chi connectivity index (χ1n) is 6.54. The van der Waals surface area contributed by atoms with E-state index in [9.17, 15) is 9.18 Å². The second-order valence-electron chi connectivity index (χ2n) is 5.10. The molecule has 0 radical (unpaired) electrons. The summed E-state index contributed by atoms with van der Waals surface area (Å²) < 4.78 is 13.4. The molecule has 0 bridgehead atoms. The molecule has 2 aromatic carbocycles. The van der Waals surface area contributed by atoms with E-state index >= 15 is 0 Å². The largest absolute Gasteiger partial charge is 0.396 e. The van der Waals surface area contributed by atoms with E-state index in [2.05, 4.69) is 5.32 Å². The van der Waals surface area contributed by atoms with Crippen LogP contribution in [0.1, 0.15) is 28.8 Å². The van der Waals surface area contributed by atoms with E-state index in [1.54, 1.807) is 0 Å². The molecule has 0 heterocycles. The molecular weight excluding hydrogens is 255 g/mol. The van der Waals surface area contributed by atoms with Gasteiger partial charge in [0, 0.05) is 0 Å². The van der Waals surface area contributed by atoms with E-state index in [0.29, 0.717) is 0 Å². The summed E-state index contributed by atoms with van der Waals surface area (Å²) in [5.41, 5.74) is 6.46. The van der Waals surface area contributed by atoms with Crippen LogP contribution in [0, 0.1) is 5.82 Å². The van der Waals surface area contributed by atoms with Crippen molar-refractivity contribution in [3.8, 4) is 0 Å². The van der Waals surface area contributed by atoms with Crippen LogP contribution in [-0.4, -0.2) is 5.91 Å². The molecule has 1 aliphatic carbocycles. The molecule has 4 heteroatoms. The lowest BCUT2D eigenvalue weighted by Crippen LogP contribution is -2.35. The molecular formula is C16H15FN2O. The van der Waals surface area contributed by atoms with Crippen molar-refractivity contribution < 1.29 is 9.18 Å². The van der Waals surface area contributed by atoms with Crippen molar-refractivity contribution in [3.63, 3.8) is 0 Å². The Morgan fingerprint density at radius 1 is 1.10 bits per heavy atom. The molecule has 3 nitrogen and oxygen atoms in total.